The van der Waals surface area contributed by atoms with Crippen LogP contribution in [-0.4, -0.2) is 0 Å². The molecule has 0 bridgehead atoms. The van der Waals surface area contributed by atoms with Crippen LogP contribution in [-0.2, 0) is 32.7 Å². The normalized spacial score (nSPS) is 7.00. The fourth-order valence-electron chi connectivity index (χ4n) is 0.289. The summed E-state index contributed by atoms with van der Waals surface area (Å²) < 4.78 is 0. The third-order valence-corrected chi connectivity index (χ3v) is 0.577. The summed E-state index contributed by atoms with van der Waals surface area (Å²) in [6.45, 7) is 4.27. The van der Waals surface area contributed by atoms with Crippen molar-refractivity contribution in [1.29, 1.82) is 0 Å². The van der Waals surface area contributed by atoms with E-state index in [4.69, 9.17) is 0 Å². The van der Waals surface area contributed by atoms with Crippen molar-refractivity contribution in [2.75, 3.05) is 0 Å². The maximum absolute atomic E-state index is 2.18. The first-order chi connectivity index (χ1) is 2.41. The smallest absolute Gasteiger partial charge is 0 e. The molecule has 0 fully saturated rings. The van der Waals surface area contributed by atoms with E-state index in [9.17, 15) is 0 Å². The zero-order valence-electron chi connectivity index (χ0n) is 4.57. The Kier molecular flexibility index (Phi) is 16.0. The van der Waals surface area contributed by atoms with Gasteiger partial charge in [0.15, 0.2) is 0 Å². The number of rotatable bonds is 2. The van der Waals surface area contributed by atoms with Crippen molar-refractivity contribution in [3.05, 3.63) is 6.42 Å². The molecule has 6 heavy (non-hydrogen) atoms. The van der Waals surface area contributed by atoms with E-state index >= 15 is 0 Å². The molecule has 0 heterocycles. The van der Waals surface area contributed by atoms with Crippen molar-refractivity contribution in [3.8, 4) is 0 Å². The number of hydrogen-bond donors (Lipinski definition) is 0. The van der Waals surface area contributed by atoms with E-state index in [0.717, 1.165) is 0 Å². The number of hydrogen-bond acceptors (Lipinski definition) is 0. The molecule has 0 atom stereocenters. The minimum absolute atomic E-state index is 0. The number of unbranched alkanes of at least 4 members (excludes halogenated alkanes) is 2. The Balaban J connectivity index is 0. The molecule has 0 amide bonds. The molecule has 0 aliphatic carbocycles. The van der Waals surface area contributed by atoms with Gasteiger partial charge in [0.25, 0.3) is 0 Å². The predicted octanol–water partition coefficient (Wildman–Crippen LogP) is 2.01. The maximum atomic E-state index is 2.18. The van der Waals surface area contributed by atoms with Crippen LogP contribution in [0.1, 0.15) is 26.7 Å². The maximum Gasteiger partial charge on any atom is 0 e. The van der Waals surface area contributed by atoms with Crippen molar-refractivity contribution in [2.45, 2.75) is 26.7 Å². The van der Waals surface area contributed by atoms with E-state index in [2.05, 4.69) is 20.3 Å². The first-order valence-electron chi connectivity index (χ1n) is 2.19. The molecule has 0 rings (SSSR count). The largest absolute Gasteiger partial charge is 0.332 e. The Bertz CT molecular complexity index is 11.4. The van der Waals surface area contributed by atoms with Crippen molar-refractivity contribution in [1.82, 2.24) is 0 Å². The van der Waals surface area contributed by atoms with Gasteiger partial charge in [-0.1, -0.05) is 13.3 Å². The van der Waals surface area contributed by atoms with Gasteiger partial charge in [-0.3, -0.25) is 0 Å². The molecule has 0 saturated carbocycles. The second-order valence-corrected chi connectivity index (χ2v) is 1.20. The van der Waals surface area contributed by atoms with Crippen LogP contribution in [0.2, 0.25) is 0 Å². The van der Waals surface area contributed by atoms with Gasteiger partial charge in [-0.05, 0) is 0 Å². The molecular weight excluding hydrogens is 149 g/mol. The van der Waals surface area contributed by atoms with Crippen molar-refractivity contribution < 1.29 is 32.7 Å². The minimum Gasteiger partial charge on any atom is -0.332 e. The van der Waals surface area contributed by atoms with Crippen LogP contribution < -0.4 is 0 Å². The van der Waals surface area contributed by atoms with E-state index < -0.39 is 0 Å². The summed E-state index contributed by atoms with van der Waals surface area (Å²) in [4.78, 5) is 0. The third kappa shape index (κ3) is 8.92. The Morgan fingerprint density at radius 1 is 1.50 bits per heavy atom. The van der Waals surface area contributed by atoms with Gasteiger partial charge in [-0.15, -0.1) is 0 Å². The van der Waals surface area contributed by atoms with Gasteiger partial charge >= 0.3 is 0 Å². The van der Waals surface area contributed by atoms with Gasteiger partial charge in [-0.25, -0.2) is 0 Å². The van der Waals surface area contributed by atoms with Crippen LogP contribution in [0.3, 0.4) is 0 Å². The minimum atomic E-state index is 0. The van der Waals surface area contributed by atoms with Gasteiger partial charge < -0.3 is 6.42 Å². The summed E-state index contributed by atoms with van der Waals surface area (Å²) in [6, 6.07) is 0. The van der Waals surface area contributed by atoms with Crippen LogP contribution in [0.25, 0.3) is 0 Å². The first-order valence-corrected chi connectivity index (χ1v) is 2.19. The summed E-state index contributed by atoms with van der Waals surface area (Å²) in [7, 11) is 0. The summed E-state index contributed by atoms with van der Waals surface area (Å²) in [5.41, 5.74) is 0. The van der Waals surface area contributed by atoms with Crippen LogP contribution in [0.15, 0.2) is 0 Å². The molecule has 0 saturated heterocycles. The Hall–Kier alpha value is 1.10. The van der Waals surface area contributed by atoms with Crippen LogP contribution >= 0.6 is 0 Å². The average Bonchev–Trinajstić information content (AvgIpc) is 1.41. The molecule has 0 aliphatic rings. The second kappa shape index (κ2) is 9.44. The molecule has 1 heteroatoms. The van der Waals surface area contributed by atoms with Crippen LogP contribution in [0.4, 0.5) is 0 Å². The Morgan fingerprint density at radius 3 is 2.00 bits per heavy atom. The zero-order valence-corrected chi connectivity index (χ0v) is 7.41. The van der Waals surface area contributed by atoms with Gasteiger partial charge in [0.05, 0.1) is 0 Å². The van der Waals surface area contributed by atoms with Crippen LogP contribution in [0, 0.1) is 6.42 Å². The SMILES string of the molecule is C[CH-]CCC.[Y]. The van der Waals surface area contributed by atoms with Crippen molar-refractivity contribution in [2.24, 2.45) is 0 Å². The van der Waals surface area contributed by atoms with E-state index in [1.54, 1.807) is 0 Å². The standard InChI is InChI=1S/C5H11.Y/c1-3-5-4-2;/h3H,4-5H2,1-2H3;/q-1;. The molecule has 0 unspecified atom stereocenters. The average molecular weight is 160 g/mol. The van der Waals surface area contributed by atoms with Gasteiger partial charge in [0.2, 0.25) is 0 Å². The quantitative estimate of drug-likeness (QED) is 0.542. The molecule has 0 aromatic rings. The molecule has 35 valence electrons. The van der Waals surface area contributed by atoms with E-state index in [0.29, 0.717) is 0 Å². The fourth-order valence-corrected chi connectivity index (χ4v) is 0.289. The Labute approximate surface area is 65.6 Å². The molecule has 0 aromatic heterocycles. The van der Waals surface area contributed by atoms with Gasteiger partial charge in [0.1, 0.15) is 0 Å². The Morgan fingerprint density at radius 2 is 2.00 bits per heavy atom. The van der Waals surface area contributed by atoms with Gasteiger partial charge in [-0.2, -0.15) is 13.3 Å². The fraction of sp³-hybridized carbons (Fsp3) is 0.800. The van der Waals surface area contributed by atoms with Crippen molar-refractivity contribution >= 4 is 0 Å². The molecule has 1 radical (unpaired) electrons. The summed E-state index contributed by atoms with van der Waals surface area (Å²) in [5.74, 6) is 0. The summed E-state index contributed by atoms with van der Waals surface area (Å²) >= 11 is 0. The molecule has 0 N–H and O–H groups in total. The summed E-state index contributed by atoms with van der Waals surface area (Å²) in [5, 5.41) is 0. The zero-order chi connectivity index (χ0) is 4.12. The van der Waals surface area contributed by atoms with E-state index in [-0.39, 0.29) is 32.7 Å². The van der Waals surface area contributed by atoms with Gasteiger partial charge in [0, 0.05) is 32.7 Å². The topological polar surface area (TPSA) is 0 Å². The third-order valence-electron chi connectivity index (χ3n) is 0.577. The van der Waals surface area contributed by atoms with E-state index in [1.807, 2.05) is 0 Å². The molecular formula is C5H11Y-. The predicted molar refractivity (Wildman–Crippen MR) is 24.9 cm³/mol. The molecule has 0 aliphatic heterocycles. The van der Waals surface area contributed by atoms with Crippen LogP contribution in [0.5, 0.6) is 0 Å². The summed E-state index contributed by atoms with van der Waals surface area (Å²) in [6.07, 6.45) is 4.73. The monoisotopic (exact) mass is 160 g/mol. The second-order valence-electron chi connectivity index (χ2n) is 1.20. The molecule has 0 aromatic carbocycles. The first kappa shape index (κ1) is 10.2. The molecule has 0 spiro atoms. The molecule has 0 nitrogen and oxygen atoms in total. The van der Waals surface area contributed by atoms with E-state index in [1.165, 1.54) is 12.8 Å². The van der Waals surface area contributed by atoms with Crippen molar-refractivity contribution in [3.63, 3.8) is 0 Å².